The Morgan fingerprint density at radius 2 is 1.65 bits per heavy atom. The van der Waals surface area contributed by atoms with Crippen LogP contribution in [0.25, 0.3) is 10.8 Å². The van der Waals surface area contributed by atoms with Gasteiger partial charge in [0.25, 0.3) is 5.91 Å². The first-order valence-electron chi connectivity index (χ1n) is 11.0. The van der Waals surface area contributed by atoms with E-state index in [4.69, 9.17) is 4.74 Å². The van der Waals surface area contributed by atoms with Gasteiger partial charge in [0.1, 0.15) is 17.2 Å². The van der Waals surface area contributed by atoms with E-state index < -0.39 is 5.91 Å². The Kier molecular flexibility index (Phi) is 7.76. The van der Waals surface area contributed by atoms with Crippen molar-refractivity contribution in [3.63, 3.8) is 0 Å². The summed E-state index contributed by atoms with van der Waals surface area (Å²) in [6.45, 7) is 4.72. The number of fused-ring (bicyclic) bond motifs is 1. The zero-order valence-electron chi connectivity index (χ0n) is 18.3. The van der Waals surface area contributed by atoms with Crippen LogP contribution in [0, 0.1) is 6.92 Å². The van der Waals surface area contributed by atoms with Crippen LogP contribution in [0.1, 0.15) is 61.4 Å². The minimum absolute atomic E-state index is 0.0135. The van der Waals surface area contributed by atoms with E-state index in [1.807, 2.05) is 25.1 Å². The summed E-state index contributed by atoms with van der Waals surface area (Å²) >= 11 is 0. The van der Waals surface area contributed by atoms with Crippen LogP contribution in [0.5, 0.6) is 17.2 Å². The topological polar surface area (TPSA) is 78.8 Å². The molecule has 0 atom stereocenters. The molecule has 0 heterocycles. The van der Waals surface area contributed by atoms with Crippen molar-refractivity contribution < 1.29 is 19.7 Å². The molecule has 0 aliphatic carbocycles. The summed E-state index contributed by atoms with van der Waals surface area (Å²) in [5.74, 6) is -0.124. The number of anilines is 1. The minimum Gasteiger partial charge on any atom is -0.507 e. The van der Waals surface area contributed by atoms with Gasteiger partial charge in [-0.3, -0.25) is 4.79 Å². The van der Waals surface area contributed by atoms with E-state index in [1.54, 1.807) is 24.3 Å². The van der Waals surface area contributed by atoms with Gasteiger partial charge in [-0.2, -0.15) is 0 Å². The van der Waals surface area contributed by atoms with Gasteiger partial charge in [-0.15, -0.1) is 0 Å². The Labute approximate surface area is 183 Å². The highest BCUT2D eigenvalue weighted by Gasteiger charge is 2.18. The number of phenolic OH excluding ortho intramolecular Hbond substituents is 2. The highest BCUT2D eigenvalue weighted by molar-refractivity contribution is 6.11. The molecule has 0 saturated heterocycles. The molecule has 1 amide bonds. The van der Waals surface area contributed by atoms with E-state index in [-0.39, 0.29) is 17.1 Å². The van der Waals surface area contributed by atoms with E-state index in [0.29, 0.717) is 28.8 Å². The van der Waals surface area contributed by atoms with Crippen LogP contribution in [0.15, 0.2) is 48.5 Å². The molecular formula is C26H31NO4. The Bertz CT molecular complexity index is 1050. The normalized spacial score (nSPS) is 10.9. The van der Waals surface area contributed by atoms with Crippen LogP contribution < -0.4 is 10.1 Å². The fraction of sp³-hybridized carbons (Fsp3) is 0.346. The summed E-state index contributed by atoms with van der Waals surface area (Å²) < 4.78 is 5.93. The van der Waals surface area contributed by atoms with E-state index in [9.17, 15) is 15.0 Å². The lowest BCUT2D eigenvalue weighted by molar-refractivity contribution is 0.102. The number of phenols is 2. The number of unbranched alkanes of at least 4 members (excludes halogenated alkanes) is 5. The van der Waals surface area contributed by atoms with Gasteiger partial charge in [0.15, 0.2) is 0 Å². The third-order valence-electron chi connectivity index (χ3n) is 5.38. The number of hydrogen-bond donors (Lipinski definition) is 3. The smallest absolute Gasteiger partial charge is 0.259 e. The number of ether oxygens (including phenoxy) is 1. The van der Waals surface area contributed by atoms with Crippen molar-refractivity contribution >= 4 is 22.4 Å². The highest BCUT2D eigenvalue weighted by Crippen LogP contribution is 2.36. The lowest BCUT2D eigenvalue weighted by Gasteiger charge is -2.15. The maximum absolute atomic E-state index is 12.9. The molecule has 31 heavy (non-hydrogen) atoms. The standard InChI is InChI=1S/C26H31NO4/c1-3-4-5-6-7-10-15-31-24-14-13-18(2)16-22(24)27-26(30)21-17-23(28)19-11-8-9-12-20(19)25(21)29/h8-9,11-14,16-17,28-29H,3-7,10,15H2,1-2H3,(H,27,30). The highest BCUT2D eigenvalue weighted by atomic mass is 16.5. The number of nitrogens with one attached hydrogen (secondary N) is 1. The Balaban J connectivity index is 1.72. The third kappa shape index (κ3) is 5.69. The van der Waals surface area contributed by atoms with Crippen molar-refractivity contribution in [3.8, 4) is 17.2 Å². The number of rotatable bonds is 10. The fourth-order valence-electron chi connectivity index (χ4n) is 3.64. The van der Waals surface area contributed by atoms with E-state index in [2.05, 4.69) is 12.2 Å². The Hall–Kier alpha value is -3.21. The molecule has 164 valence electrons. The van der Waals surface area contributed by atoms with Crippen molar-refractivity contribution in [1.29, 1.82) is 0 Å². The van der Waals surface area contributed by atoms with Gasteiger partial charge < -0.3 is 20.3 Å². The summed E-state index contributed by atoms with van der Waals surface area (Å²) in [6, 6.07) is 13.8. The van der Waals surface area contributed by atoms with E-state index in [0.717, 1.165) is 18.4 Å². The number of aromatic hydroxyl groups is 2. The lowest BCUT2D eigenvalue weighted by atomic mass is 10.0. The van der Waals surface area contributed by atoms with E-state index in [1.165, 1.54) is 31.7 Å². The van der Waals surface area contributed by atoms with Crippen LogP contribution in [0.4, 0.5) is 5.69 Å². The molecule has 3 aromatic carbocycles. The molecule has 0 unspecified atom stereocenters. The van der Waals surface area contributed by atoms with Crippen molar-refractivity contribution in [2.24, 2.45) is 0 Å². The summed E-state index contributed by atoms with van der Waals surface area (Å²) in [4.78, 5) is 12.9. The molecule has 0 aliphatic rings. The van der Waals surface area contributed by atoms with Crippen molar-refractivity contribution in [2.75, 3.05) is 11.9 Å². The van der Waals surface area contributed by atoms with Gasteiger partial charge in [0.2, 0.25) is 0 Å². The number of aryl methyl sites for hydroxylation is 1. The van der Waals surface area contributed by atoms with E-state index >= 15 is 0 Å². The molecule has 0 bridgehead atoms. The van der Waals surface area contributed by atoms with Gasteiger partial charge in [-0.1, -0.05) is 69.4 Å². The minimum atomic E-state index is -0.506. The van der Waals surface area contributed by atoms with Gasteiger partial charge in [0, 0.05) is 10.8 Å². The first-order chi connectivity index (χ1) is 15.0. The maximum Gasteiger partial charge on any atom is 0.259 e. The van der Waals surface area contributed by atoms with Crippen LogP contribution in [-0.2, 0) is 0 Å². The maximum atomic E-state index is 12.9. The molecular weight excluding hydrogens is 390 g/mol. The predicted molar refractivity (Wildman–Crippen MR) is 125 cm³/mol. The van der Waals surface area contributed by atoms with Crippen LogP contribution in [0.2, 0.25) is 0 Å². The number of carbonyl (C=O) groups excluding carboxylic acids is 1. The molecule has 5 heteroatoms. The van der Waals surface area contributed by atoms with Gasteiger partial charge in [0.05, 0.1) is 17.9 Å². The number of benzene rings is 3. The summed E-state index contributed by atoms with van der Waals surface area (Å²) in [7, 11) is 0. The van der Waals surface area contributed by atoms with Crippen molar-refractivity contribution in [1.82, 2.24) is 0 Å². The first-order valence-corrected chi connectivity index (χ1v) is 11.0. The van der Waals surface area contributed by atoms with Crippen LogP contribution in [-0.4, -0.2) is 22.7 Å². The molecule has 0 aliphatic heterocycles. The first kappa shape index (κ1) is 22.5. The third-order valence-corrected chi connectivity index (χ3v) is 5.38. The quantitative estimate of drug-likeness (QED) is 0.256. The molecule has 0 spiro atoms. The molecule has 0 aromatic heterocycles. The van der Waals surface area contributed by atoms with Crippen LogP contribution >= 0.6 is 0 Å². The SMILES string of the molecule is CCCCCCCCOc1ccc(C)cc1NC(=O)c1cc(O)c2ccccc2c1O. The molecule has 0 fully saturated rings. The zero-order chi connectivity index (χ0) is 22.2. The van der Waals surface area contributed by atoms with Crippen molar-refractivity contribution in [3.05, 3.63) is 59.7 Å². The van der Waals surface area contributed by atoms with Crippen LogP contribution in [0.3, 0.4) is 0 Å². The number of amides is 1. The van der Waals surface area contributed by atoms with Gasteiger partial charge in [-0.05, 0) is 37.1 Å². The monoisotopic (exact) mass is 421 g/mol. The average molecular weight is 422 g/mol. The summed E-state index contributed by atoms with van der Waals surface area (Å²) in [5.41, 5.74) is 1.54. The second-order valence-electron chi connectivity index (χ2n) is 7.91. The van der Waals surface area contributed by atoms with Crippen molar-refractivity contribution in [2.45, 2.75) is 52.4 Å². The number of carbonyl (C=O) groups is 1. The van der Waals surface area contributed by atoms with Gasteiger partial charge in [-0.25, -0.2) is 0 Å². The van der Waals surface area contributed by atoms with Gasteiger partial charge >= 0.3 is 0 Å². The number of hydrogen-bond acceptors (Lipinski definition) is 4. The molecule has 3 rings (SSSR count). The molecule has 5 nitrogen and oxygen atoms in total. The molecule has 3 N–H and O–H groups in total. The largest absolute Gasteiger partial charge is 0.507 e. The predicted octanol–water partition coefficient (Wildman–Crippen LogP) is 6.55. The Morgan fingerprint density at radius 1 is 0.935 bits per heavy atom. The average Bonchev–Trinajstić information content (AvgIpc) is 2.77. The summed E-state index contributed by atoms with van der Waals surface area (Å²) in [5, 5.41) is 24.7. The second-order valence-corrected chi connectivity index (χ2v) is 7.91. The zero-order valence-corrected chi connectivity index (χ0v) is 18.3. The summed E-state index contributed by atoms with van der Waals surface area (Å²) in [6.07, 6.45) is 7.05. The molecule has 3 aromatic rings. The molecule has 0 saturated carbocycles. The lowest BCUT2D eigenvalue weighted by Crippen LogP contribution is -2.14. The Morgan fingerprint density at radius 3 is 2.42 bits per heavy atom. The second kappa shape index (κ2) is 10.7. The fourth-order valence-corrected chi connectivity index (χ4v) is 3.64. The molecule has 0 radical (unpaired) electrons.